The summed E-state index contributed by atoms with van der Waals surface area (Å²) >= 11 is 0. The van der Waals surface area contributed by atoms with Crippen LogP contribution in [-0.2, 0) is 0 Å². The van der Waals surface area contributed by atoms with Gasteiger partial charge >= 0.3 is 5.69 Å². The monoisotopic (exact) mass is 377 g/mol. The molecule has 1 heterocycles. The topological polar surface area (TPSA) is 84.0 Å². The van der Waals surface area contributed by atoms with E-state index in [4.69, 9.17) is 0 Å². The van der Waals surface area contributed by atoms with Gasteiger partial charge in [-0.25, -0.2) is 9.36 Å². The molecule has 1 fully saturated rings. The minimum atomic E-state index is -0.523. The molecule has 6 heteroatoms. The Hall–Kier alpha value is -3.15. The average molecular weight is 377 g/mol. The van der Waals surface area contributed by atoms with Gasteiger partial charge in [-0.2, -0.15) is 0 Å². The highest BCUT2D eigenvalue weighted by Gasteiger charge is 2.17. The summed E-state index contributed by atoms with van der Waals surface area (Å²) in [7, 11) is 0. The van der Waals surface area contributed by atoms with Crippen LogP contribution in [0.1, 0.15) is 48.9 Å². The van der Waals surface area contributed by atoms with E-state index in [9.17, 15) is 14.4 Å². The van der Waals surface area contributed by atoms with Gasteiger partial charge in [0.15, 0.2) is 0 Å². The van der Waals surface area contributed by atoms with Crippen LogP contribution in [0.25, 0.3) is 16.6 Å². The Kier molecular flexibility index (Phi) is 5.10. The van der Waals surface area contributed by atoms with Crippen LogP contribution in [0.15, 0.2) is 58.1 Å². The summed E-state index contributed by atoms with van der Waals surface area (Å²) < 4.78 is 1.10. The van der Waals surface area contributed by atoms with Crippen LogP contribution in [0.5, 0.6) is 0 Å². The molecule has 0 spiro atoms. The molecule has 4 rings (SSSR count). The fourth-order valence-corrected chi connectivity index (χ4v) is 3.86. The highest BCUT2D eigenvalue weighted by atomic mass is 16.2. The maximum atomic E-state index is 12.8. The van der Waals surface area contributed by atoms with E-state index in [2.05, 4.69) is 10.3 Å². The van der Waals surface area contributed by atoms with E-state index in [0.29, 0.717) is 22.2 Å². The quantitative estimate of drug-likeness (QED) is 0.688. The highest BCUT2D eigenvalue weighted by Crippen LogP contribution is 2.18. The van der Waals surface area contributed by atoms with E-state index in [1.54, 1.807) is 42.5 Å². The lowest BCUT2D eigenvalue weighted by molar-refractivity contribution is 0.0933. The number of aromatic amines is 1. The maximum Gasteiger partial charge on any atom is 0.333 e. The van der Waals surface area contributed by atoms with Gasteiger partial charge in [0.1, 0.15) is 0 Å². The molecule has 144 valence electrons. The number of hydrogen-bond donors (Lipinski definition) is 2. The lowest BCUT2D eigenvalue weighted by Gasteiger charge is -2.16. The van der Waals surface area contributed by atoms with Gasteiger partial charge in [0.05, 0.1) is 16.6 Å². The Morgan fingerprint density at radius 3 is 2.39 bits per heavy atom. The SMILES string of the molecule is O=C(NC1CCCCCC1)c1ccc2c(=O)n(-c3ccccc3)c(=O)[nH]c2c1. The van der Waals surface area contributed by atoms with Crippen LogP contribution in [0, 0.1) is 0 Å². The number of carbonyl (C=O) groups excluding carboxylic acids is 1. The summed E-state index contributed by atoms with van der Waals surface area (Å²) in [5, 5.41) is 3.46. The van der Waals surface area contributed by atoms with E-state index >= 15 is 0 Å². The number of aromatic nitrogens is 2. The second-order valence-electron chi connectivity index (χ2n) is 7.33. The number of nitrogens with zero attached hydrogens (tertiary/aromatic N) is 1. The van der Waals surface area contributed by atoms with Crippen molar-refractivity contribution in [3.63, 3.8) is 0 Å². The number of amides is 1. The summed E-state index contributed by atoms with van der Waals surface area (Å²) in [4.78, 5) is 40.7. The predicted molar refractivity (Wildman–Crippen MR) is 109 cm³/mol. The molecule has 0 aliphatic heterocycles. The summed E-state index contributed by atoms with van der Waals surface area (Å²) in [5.41, 5.74) is 0.400. The van der Waals surface area contributed by atoms with Crippen LogP contribution >= 0.6 is 0 Å². The summed E-state index contributed by atoms with van der Waals surface area (Å²) in [6.45, 7) is 0. The predicted octanol–water partition coefficient (Wildman–Crippen LogP) is 3.13. The normalized spacial score (nSPS) is 15.3. The average Bonchev–Trinajstić information content (AvgIpc) is 2.97. The van der Waals surface area contributed by atoms with Crippen LogP contribution in [0.4, 0.5) is 0 Å². The van der Waals surface area contributed by atoms with E-state index in [1.165, 1.54) is 12.8 Å². The van der Waals surface area contributed by atoms with Gasteiger partial charge < -0.3 is 10.3 Å². The van der Waals surface area contributed by atoms with Gasteiger partial charge in [0, 0.05) is 11.6 Å². The number of benzene rings is 2. The summed E-state index contributed by atoms with van der Waals surface area (Å²) in [5.74, 6) is -0.165. The molecule has 0 bridgehead atoms. The molecule has 0 radical (unpaired) electrons. The molecule has 28 heavy (non-hydrogen) atoms. The van der Waals surface area contributed by atoms with Crippen LogP contribution in [0.3, 0.4) is 0 Å². The summed E-state index contributed by atoms with van der Waals surface area (Å²) in [6, 6.07) is 13.8. The minimum absolute atomic E-state index is 0.165. The summed E-state index contributed by atoms with van der Waals surface area (Å²) in [6.07, 6.45) is 6.70. The van der Waals surface area contributed by atoms with Crippen LogP contribution < -0.4 is 16.6 Å². The second kappa shape index (κ2) is 7.84. The molecular weight excluding hydrogens is 354 g/mol. The van der Waals surface area contributed by atoms with E-state index < -0.39 is 11.2 Å². The van der Waals surface area contributed by atoms with Crippen molar-refractivity contribution >= 4 is 16.8 Å². The smallest absolute Gasteiger partial charge is 0.333 e. The van der Waals surface area contributed by atoms with Crippen molar-refractivity contribution in [2.45, 2.75) is 44.6 Å². The molecule has 0 atom stereocenters. The number of fused-ring (bicyclic) bond motifs is 1. The number of H-pyrrole nitrogens is 1. The molecule has 1 amide bonds. The number of carbonyl (C=O) groups is 1. The fourth-order valence-electron chi connectivity index (χ4n) is 3.86. The number of rotatable bonds is 3. The van der Waals surface area contributed by atoms with Crippen molar-refractivity contribution in [3.8, 4) is 5.69 Å². The third-order valence-electron chi connectivity index (χ3n) is 5.36. The molecule has 1 aliphatic carbocycles. The fraction of sp³-hybridized carbons (Fsp3) is 0.318. The molecule has 0 unspecified atom stereocenters. The Morgan fingerprint density at radius 2 is 1.68 bits per heavy atom. The van der Waals surface area contributed by atoms with E-state index in [-0.39, 0.29) is 11.9 Å². The Balaban J connectivity index is 1.67. The van der Waals surface area contributed by atoms with Crippen molar-refractivity contribution < 1.29 is 4.79 Å². The first-order valence-corrected chi connectivity index (χ1v) is 9.79. The third kappa shape index (κ3) is 3.63. The zero-order chi connectivity index (χ0) is 19.5. The lowest BCUT2D eigenvalue weighted by Crippen LogP contribution is -2.35. The molecular formula is C22H23N3O3. The first kappa shape index (κ1) is 18.2. The Labute approximate surface area is 162 Å². The molecule has 1 aromatic heterocycles. The van der Waals surface area contributed by atoms with Crippen molar-refractivity contribution in [1.29, 1.82) is 0 Å². The molecule has 3 aromatic rings. The number of para-hydroxylation sites is 1. The van der Waals surface area contributed by atoms with Crippen molar-refractivity contribution in [1.82, 2.24) is 14.9 Å². The van der Waals surface area contributed by atoms with Crippen molar-refractivity contribution in [2.24, 2.45) is 0 Å². The largest absolute Gasteiger partial charge is 0.349 e. The molecule has 0 saturated heterocycles. The third-order valence-corrected chi connectivity index (χ3v) is 5.36. The zero-order valence-corrected chi connectivity index (χ0v) is 15.6. The minimum Gasteiger partial charge on any atom is -0.349 e. The Morgan fingerprint density at radius 1 is 0.964 bits per heavy atom. The van der Waals surface area contributed by atoms with E-state index in [1.807, 2.05) is 6.07 Å². The second-order valence-corrected chi connectivity index (χ2v) is 7.33. The first-order chi connectivity index (χ1) is 13.6. The molecule has 1 saturated carbocycles. The standard InChI is InChI=1S/C22H23N3O3/c26-20(23-16-8-4-1-2-5-9-16)15-12-13-18-19(14-15)24-22(28)25(21(18)27)17-10-6-3-7-11-17/h3,6-7,10-14,16H,1-2,4-5,8-9H2,(H,23,26)(H,24,28). The van der Waals surface area contributed by atoms with Gasteiger partial charge in [-0.3, -0.25) is 9.59 Å². The van der Waals surface area contributed by atoms with Gasteiger partial charge in [-0.05, 0) is 43.2 Å². The van der Waals surface area contributed by atoms with Crippen LogP contribution in [-0.4, -0.2) is 21.5 Å². The van der Waals surface area contributed by atoms with Gasteiger partial charge in [-0.1, -0.05) is 43.9 Å². The molecule has 2 aromatic carbocycles. The van der Waals surface area contributed by atoms with Crippen molar-refractivity contribution in [2.75, 3.05) is 0 Å². The lowest BCUT2D eigenvalue weighted by atomic mass is 10.1. The molecule has 6 nitrogen and oxygen atoms in total. The molecule has 2 N–H and O–H groups in total. The van der Waals surface area contributed by atoms with E-state index in [0.717, 1.165) is 30.3 Å². The van der Waals surface area contributed by atoms with Crippen molar-refractivity contribution in [3.05, 3.63) is 74.9 Å². The highest BCUT2D eigenvalue weighted by molar-refractivity contribution is 5.97. The molecule has 1 aliphatic rings. The van der Waals surface area contributed by atoms with Gasteiger partial charge in [0.25, 0.3) is 11.5 Å². The maximum absolute atomic E-state index is 12.8. The number of hydrogen-bond acceptors (Lipinski definition) is 3. The van der Waals surface area contributed by atoms with Gasteiger partial charge in [0.2, 0.25) is 0 Å². The van der Waals surface area contributed by atoms with Crippen LogP contribution in [0.2, 0.25) is 0 Å². The first-order valence-electron chi connectivity index (χ1n) is 9.79. The Bertz CT molecular complexity index is 1110. The zero-order valence-electron chi connectivity index (χ0n) is 15.6. The van der Waals surface area contributed by atoms with Gasteiger partial charge in [-0.15, -0.1) is 0 Å². The number of nitrogens with one attached hydrogen (secondary N) is 2.